The van der Waals surface area contributed by atoms with Crippen molar-refractivity contribution in [2.75, 3.05) is 96.3 Å². The number of carbonyl (C=O) groups excluding carboxylic acids is 4. The molecule has 6 aliphatic heterocycles. The summed E-state index contributed by atoms with van der Waals surface area (Å²) in [5.74, 6) is -5.22. The van der Waals surface area contributed by atoms with Gasteiger partial charge in [0, 0.05) is 93.4 Å². The molecule has 6 aliphatic rings. The van der Waals surface area contributed by atoms with Crippen LogP contribution < -0.4 is 41.3 Å². The van der Waals surface area contributed by atoms with Gasteiger partial charge in [-0.25, -0.2) is 31.1 Å². The molecule has 28 N–H and O–H groups in total. The average molecular weight is 2080 g/mol. The molecule has 0 aliphatic carbocycles. The summed E-state index contributed by atoms with van der Waals surface area (Å²) in [6.07, 6.45) is -59.9. The highest BCUT2D eigenvalue weighted by atomic mass is 32.3. The van der Waals surface area contributed by atoms with Crippen molar-refractivity contribution in [3.8, 4) is 0 Å². The van der Waals surface area contributed by atoms with Gasteiger partial charge in [0.05, 0.1) is 50.7 Å². The Bertz CT molecular complexity index is 4680. The third-order valence-electron chi connectivity index (χ3n) is 21.0. The van der Waals surface area contributed by atoms with Crippen LogP contribution in [-0.4, -0.2) is 464 Å². The van der Waals surface area contributed by atoms with E-state index in [0.29, 0.717) is 25.0 Å². The normalized spacial score (nSPS) is 30.6. The molecule has 0 aromatic heterocycles. The maximum Gasteiger partial charge on any atom is 0.397 e. The molecule has 8 unspecified atom stereocenters. The Kier molecular flexibility index (Phi) is 41.2. The maximum absolute atomic E-state index is 13.9. The van der Waals surface area contributed by atoms with E-state index in [-0.39, 0.29) is 84.4 Å². The number of methoxy groups -OCH3 is 2. The number of anilines is 2. The topological polar surface area (TPSA) is 941 Å². The predicted octanol–water partition coefficient (Wildman–Crippen LogP) is -13.0. The Labute approximate surface area is 765 Å². The number of nitrogens with one attached hydrogen (secondary N) is 8. The van der Waals surface area contributed by atoms with Gasteiger partial charge in [-0.15, -0.1) is 0 Å². The fourth-order valence-corrected chi connectivity index (χ4v) is 18.8. The SMILES string of the molecule is CO[C@H]1[C@H](O)[C@@H](NS(=O)(=O)O)C(OC2[C@H](C(=O)O)O[C@H](OCC(O)[C@@H](O)[C@H](O)[C@@H](O)CNc3ccc(C(=O)NCCN(CCNC(=O)c4ccc(NC[C@H](O)[C@@H](O)[C@H](O)C(O)CO[C@H]5O[C@@H](C(=O)O)C(OC6O[C@H](COS(=O)(=O)O)[C@@H](OC)[C@H](O)[C@H]6NS(=O)(=O)O)[C@H](O)[C@H]5OS(=O)(=O)O)cc4)C(=O)CCCC[C@@H]4SCC5NC(=O)NC54)cc3)[C@H](OS(=O)(=O)O)[C@H]2O)O[C@@H]1COS(=O)(=O)O. The Morgan fingerprint density at radius 1 is 0.493 bits per heavy atom. The number of aliphatic hydroxyl groups is 12. The Morgan fingerprint density at radius 3 is 1.22 bits per heavy atom. The van der Waals surface area contributed by atoms with Gasteiger partial charge in [0.2, 0.25) is 5.91 Å². The highest BCUT2D eigenvalue weighted by molar-refractivity contribution is 8.00. The number of urea groups is 1. The smallest absolute Gasteiger partial charge is 0.397 e. The summed E-state index contributed by atoms with van der Waals surface area (Å²) in [5.41, 5.74) is 0.471. The Morgan fingerprint density at radius 2 is 0.873 bits per heavy atom. The molecule has 0 radical (unpaired) electrons. The monoisotopic (exact) mass is 2080 g/mol. The van der Waals surface area contributed by atoms with Crippen molar-refractivity contribution in [3.63, 3.8) is 0 Å². The number of carbonyl (C=O) groups is 6. The van der Waals surface area contributed by atoms with Crippen molar-refractivity contribution < 1.29 is 242 Å². The lowest BCUT2D eigenvalue weighted by molar-refractivity contribution is -0.340. The average Bonchev–Trinajstić information content (AvgIpc) is 1.27. The van der Waals surface area contributed by atoms with E-state index >= 15 is 0 Å². The van der Waals surface area contributed by atoms with Crippen LogP contribution >= 0.6 is 11.8 Å². The molecule has 0 spiro atoms. The van der Waals surface area contributed by atoms with Gasteiger partial charge < -0.3 is 156 Å². The Balaban J connectivity index is 0.813. The number of benzene rings is 2. The lowest BCUT2D eigenvalue weighted by Gasteiger charge is -2.47. The van der Waals surface area contributed by atoms with Crippen molar-refractivity contribution in [1.29, 1.82) is 0 Å². The molecule has 2 aromatic rings. The fraction of sp³-hybridized carbons (Fsp3) is 0.727. The molecular weight excluding hydrogens is 1980 g/mol. The summed E-state index contributed by atoms with van der Waals surface area (Å²) >= 11 is 1.68. The minimum Gasteiger partial charge on any atom is -0.479 e. The van der Waals surface area contributed by atoms with Crippen molar-refractivity contribution in [3.05, 3.63) is 59.7 Å². The number of ether oxygens (including phenoxy) is 10. The zero-order valence-corrected chi connectivity index (χ0v) is 75.2. The summed E-state index contributed by atoms with van der Waals surface area (Å²) in [6, 6.07) is 5.62. The number of hydrogen-bond acceptors (Lipinski definition) is 47. The first-order chi connectivity index (χ1) is 62.3. The summed E-state index contributed by atoms with van der Waals surface area (Å²) < 4.78 is 272. The molecule has 0 bridgehead atoms. The number of amides is 5. The van der Waals surface area contributed by atoms with Crippen LogP contribution in [0.4, 0.5) is 16.2 Å². The number of hydrogen-bond donors (Lipinski definition) is 28. The second kappa shape index (κ2) is 49.0. The minimum absolute atomic E-state index is 0.0309. The van der Waals surface area contributed by atoms with Gasteiger partial charge in [0.15, 0.2) is 49.6 Å². The Hall–Kier alpha value is -6.65. The number of nitrogens with zero attached hydrogens (tertiary/aromatic N) is 1. The number of rotatable bonds is 53. The van der Waals surface area contributed by atoms with E-state index in [9.17, 15) is 169 Å². The fourth-order valence-electron chi connectivity index (χ4n) is 14.5. The van der Waals surface area contributed by atoms with Crippen LogP contribution in [0.15, 0.2) is 48.5 Å². The predicted molar refractivity (Wildman–Crippen MR) is 435 cm³/mol. The maximum atomic E-state index is 13.9. The van der Waals surface area contributed by atoms with E-state index in [2.05, 4.69) is 48.6 Å². The molecule has 6 fully saturated rings. The number of carboxylic acid groups (broad SMARTS) is 2. The van der Waals surface area contributed by atoms with E-state index < -0.39 is 297 Å². The number of aliphatic carboxylic acids is 2. The van der Waals surface area contributed by atoms with E-state index in [4.69, 9.17) is 56.5 Å². The van der Waals surface area contributed by atoms with E-state index in [1.165, 1.54) is 62.9 Å². The number of carboxylic acids is 2. The molecule has 0 saturated carbocycles. The van der Waals surface area contributed by atoms with Gasteiger partial charge >= 0.3 is 80.2 Å². The van der Waals surface area contributed by atoms with Gasteiger partial charge in [-0.3, -0.25) is 41.7 Å². The first kappa shape index (κ1) is 113. The van der Waals surface area contributed by atoms with Crippen LogP contribution in [-0.2, 0) is 141 Å². The standard InChI is InChI=1S/C66H103N9O52S7/c1-114-50-35(23-118-131(102,103)104)120-62(40(46(50)85)73-129(96,97)98)122-52-48(87)54(126-133(108,109)110)64(124-56(52)60(91)92)116-21-33(78)44(83)42(81)31(76)19-69-28-11-7-26(8-12-28)58(89)67-15-17-75(38(80)6-4-3-5-37-39-30(25-128-37)71-66(95)72-39)18-16-68-59(90)27-9-13-29(14-10-27)70-20-32(77)43(82)45(84)34(79)22-117-65-55(127-134(111,112)113)49(88)53(57(125-65)61(93)94)123-63-41(74-130(99,100)101)47(86)51(115-2)36(121-63)24-119-132(105,106)107/h7-14,30-37,39-57,62-65,69-70,73-74,76-79,81-88H,3-6,15-25H2,1-2H3,(H,67,89)(H,68,90)(H,91,92)(H,93,94)(H2,71,72,95)(H,96,97,98)(H,99,100,101)(H,102,103,104)(H,105,106,107)(H,108,109,110)(H,111,112,113)/t30?,31-,32-,33?,34?,35+,36+,37-,39?,40+,41+,42+,43+,44+,45+,46+,47+,48-,49-,50+,51+,52?,53?,54+,55+,56+,57+,62?,63?,64-,65-/m0/s1. The van der Waals surface area contributed by atoms with Gasteiger partial charge in [-0.2, -0.15) is 71.7 Å². The quantitative estimate of drug-likeness (QED) is 0.0166. The number of fused-ring (bicyclic) bond motifs is 1. The highest BCUT2D eigenvalue weighted by Crippen LogP contribution is 2.38. The molecule has 5 amide bonds. The number of thioether (sulfide) groups is 1. The van der Waals surface area contributed by atoms with Crippen LogP contribution in [0.1, 0.15) is 46.4 Å². The van der Waals surface area contributed by atoms with Gasteiger partial charge in [-0.05, 0) is 61.4 Å². The van der Waals surface area contributed by atoms with Crippen molar-refractivity contribution in [2.24, 2.45) is 0 Å². The second-order valence-electron chi connectivity index (χ2n) is 30.4. The van der Waals surface area contributed by atoms with Crippen LogP contribution in [0, 0.1) is 0 Å². The molecule has 68 heteroatoms. The molecule has 134 heavy (non-hydrogen) atoms. The number of aliphatic hydroxyl groups excluding tert-OH is 12. The molecule has 61 nitrogen and oxygen atoms in total. The molecule has 6 saturated heterocycles. The molecule has 31 atom stereocenters. The van der Waals surface area contributed by atoms with Crippen LogP contribution in [0.2, 0.25) is 0 Å². The van der Waals surface area contributed by atoms with Crippen molar-refractivity contribution >= 4 is 121 Å². The van der Waals surface area contributed by atoms with E-state index in [1.54, 1.807) is 11.8 Å². The lowest BCUT2D eigenvalue weighted by atomic mass is 9.95. The number of unbranched alkanes of at least 4 members (excludes halogenated alkanes) is 1. The zero-order chi connectivity index (χ0) is 99.8. The van der Waals surface area contributed by atoms with Crippen LogP contribution in [0.25, 0.3) is 0 Å². The van der Waals surface area contributed by atoms with Crippen LogP contribution in [0.5, 0.6) is 0 Å². The molecule has 8 rings (SSSR count). The van der Waals surface area contributed by atoms with E-state index in [0.717, 1.165) is 14.2 Å². The first-order valence-corrected chi connectivity index (χ1v) is 48.8. The molecule has 6 heterocycles. The van der Waals surface area contributed by atoms with Crippen molar-refractivity contribution in [2.45, 2.75) is 215 Å². The van der Waals surface area contributed by atoms with Crippen molar-refractivity contribution in [1.82, 2.24) is 35.6 Å². The molecule has 2 aromatic carbocycles. The zero-order valence-electron chi connectivity index (χ0n) is 69.4. The molecule has 766 valence electrons. The van der Waals surface area contributed by atoms with Gasteiger partial charge in [-0.1, -0.05) is 6.42 Å². The highest BCUT2D eigenvalue weighted by Gasteiger charge is 2.59. The minimum atomic E-state index is -5.76. The third-order valence-corrected chi connectivity index (χ3v) is 25.5. The third kappa shape index (κ3) is 33.3. The van der Waals surface area contributed by atoms with E-state index in [1.807, 2.05) is 0 Å². The van der Waals surface area contributed by atoms with Gasteiger partial charge in [0.25, 0.3) is 11.8 Å². The van der Waals surface area contributed by atoms with Crippen LogP contribution in [0.3, 0.4) is 0 Å². The molecular formula is C66H103N9O52S7. The first-order valence-electron chi connectivity index (χ1n) is 39.4. The second-order valence-corrected chi connectivity index (χ2v) is 38.3. The summed E-state index contributed by atoms with van der Waals surface area (Å²) in [7, 11) is -31.1. The lowest BCUT2D eigenvalue weighted by Crippen LogP contribution is -2.68. The largest absolute Gasteiger partial charge is 0.479 e. The summed E-state index contributed by atoms with van der Waals surface area (Å²) in [5, 5.41) is 169. The summed E-state index contributed by atoms with van der Waals surface area (Å²) in [4.78, 5) is 79.5. The summed E-state index contributed by atoms with van der Waals surface area (Å²) in [6.45, 7) is -6.87. The van der Waals surface area contributed by atoms with Gasteiger partial charge in [0.1, 0.15) is 110 Å².